The Labute approximate surface area is 155 Å². The van der Waals surface area contributed by atoms with Crippen LogP contribution in [-0.2, 0) is 12.3 Å². The molecule has 0 heterocycles. The van der Waals surface area contributed by atoms with Crippen molar-refractivity contribution in [3.05, 3.63) is 0 Å². The molecule has 1 unspecified atom stereocenters. The molecule has 24 heavy (non-hydrogen) atoms. The summed E-state index contributed by atoms with van der Waals surface area (Å²) in [5.41, 5.74) is 0. The third-order valence-electron chi connectivity index (χ3n) is 4.27. The SMILES string of the molecule is C[Si](C)(C)O[Si](C)(C)O[Si](C)(CCC1CCCCC1)O[Si](C)(C)C. The molecule has 144 valence electrons. The van der Waals surface area contributed by atoms with E-state index >= 15 is 0 Å². The minimum absolute atomic E-state index is 0.891. The first-order valence-corrected chi connectivity index (χ1v) is 22.0. The fourth-order valence-electron chi connectivity index (χ4n) is 3.99. The first-order chi connectivity index (χ1) is 10.7. The molecule has 0 saturated heterocycles. The third-order valence-corrected chi connectivity index (χ3v) is 17.8. The molecule has 0 radical (unpaired) electrons. The van der Waals surface area contributed by atoms with E-state index in [1.165, 1.54) is 38.5 Å². The molecule has 0 N–H and O–H groups in total. The number of hydrogen-bond donors (Lipinski definition) is 0. The van der Waals surface area contributed by atoms with Crippen LogP contribution in [0.5, 0.6) is 0 Å². The molecule has 3 nitrogen and oxygen atoms in total. The lowest BCUT2D eigenvalue weighted by atomic mass is 9.88. The van der Waals surface area contributed by atoms with Crippen LogP contribution in [0.4, 0.5) is 0 Å². The highest BCUT2D eigenvalue weighted by Crippen LogP contribution is 2.33. The van der Waals surface area contributed by atoms with Crippen molar-refractivity contribution in [1.29, 1.82) is 0 Å². The number of hydrogen-bond acceptors (Lipinski definition) is 3. The molecule has 1 aliphatic carbocycles. The first kappa shape index (κ1) is 22.8. The maximum atomic E-state index is 6.77. The van der Waals surface area contributed by atoms with Gasteiger partial charge in [0.1, 0.15) is 0 Å². The molecule has 1 aliphatic rings. The highest BCUT2D eigenvalue weighted by Gasteiger charge is 2.44. The van der Waals surface area contributed by atoms with E-state index in [0.717, 1.165) is 12.0 Å². The molecule has 0 bridgehead atoms. The summed E-state index contributed by atoms with van der Waals surface area (Å²) >= 11 is 0. The molecule has 0 aromatic heterocycles. The Morgan fingerprint density at radius 3 is 1.62 bits per heavy atom. The monoisotopic (exact) mass is 406 g/mol. The van der Waals surface area contributed by atoms with Gasteiger partial charge in [-0.1, -0.05) is 32.1 Å². The van der Waals surface area contributed by atoms with Crippen LogP contribution in [0.15, 0.2) is 0 Å². The molecule has 0 aromatic rings. The van der Waals surface area contributed by atoms with Gasteiger partial charge in [-0.2, -0.15) is 0 Å². The van der Waals surface area contributed by atoms with Gasteiger partial charge in [0, 0.05) is 0 Å². The molecular weight excluding hydrogens is 365 g/mol. The van der Waals surface area contributed by atoms with Gasteiger partial charge in [0.25, 0.3) is 0 Å². The lowest BCUT2D eigenvalue weighted by molar-refractivity contribution is 0.304. The Kier molecular flexibility index (Phi) is 8.19. The van der Waals surface area contributed by atoms with E-state index < -0.39 is 33.8 Å². The Morgan fingerprint density at radius 2 is 1.17 bits per heavy atom. The lowest BCUT2D eigenvalue weighted by Gasteiger charge is -2.42. The Bertz CT molecular complexity index is 384. The molecule has 1 atom stereocenters. The van der Waals surface area contributed by atoms with Crippen molar-refractivity contribution in [1.82, 2.24) is 0 Å². The maximum Gasteiger partial charge on any atom is 0.315 e. The minimum Gasteiger partial charge on any atom is -0.437 e. The van der Waals surface area contributed by atoms with Crippen LogP contribution >= 0.6 is 0 Å². The zero-order chi connectivity index (χ0) is 18.6. The van der Waals surface area contributed by atoms with Crippen LogP contribution in [0.2, 0.25) is 65.0 Å². The second kappa shape index (κ2) is 8.62. The molecular formula is C17H42O3Si4. The summed E-state index contributed by atoms with van der Waals surface area (Å²) in [5, 5.41) is 0. The van der Waals surface area contributed by atoms with Gasteiger partial charge in [0.2, 0.25) is 0 Å². The van der Waals surface area contributed by atoms with Crippen LogP contribution in [0, 0.1) is 5.92 Å². The summed E-state index contributed by atoms with van der Waals surface area (Å²) in [5.74, 6) is 0.891. The predicted octanol–water partition coefficient (Wildman–Crippen LogP) is 6.45. The summed E-state index contributed by atoms with van der Waals surface area (Å²) in [6, 6.07) is 1.13. The summed E-state index contributed by atoms with van der Waals surface area (Å²) in [7, 11) is -7.54. The van der Waals surface area contributed by atoms with Gasteiger partial charge >= 0.3 is 17.1 Å². The van der Waals surface area contributed by atoms with Crippen molar-refractivity contribution in [2.75, 3.05) is 0 Å². The maximum absolute atomic E-state index is 6.77. The van der Waals surface area contributed by atoms with E-state index in [2.05, 4.69) is 58.9 Å². The van der Waals surface area contributed by atoms with Gasteiger partial charge in [-0.15, -0.1) is 0 Å². The van der Waals surface area contributed by atoms with Gasteiger partial charge in [-0.05, 0) is 77.3 Å². The van der Waals surface area contributed by atoms with Gasteiger partial charge in [0.05, 0.1) is 0 Å². The summed E-state index contributed by atoms with van der Waals surface area (Å²) < 4.78 is 19.9. The molecule has 1 saturated carbocycles. The van der Waals surface area contributed by atoms with E-state index in [0.29, 0.717) is 0 Å². The molecule has 0 spiro atoms. The first-order valence-electron chi connectivity index (χ1n) is 9.80. The van der Waals surface area contributed by atoms with Crippen molar-refractivity contribution < 1.29 is 12.3 Å². The summed E-state index contributed by atoms with van der Waals surface area (Å²) in [6.45, 7) is 20.4. The predicted molar refractivity (Wildman–Crippen MR) is 115 cm³/mol. The Morgan fingerprint density at radius 1 is 0.667 bits per heavy atom. The molecule has 7 heteroatoms. The molecule has 1 fully saturated rings. The highest BCUT2D eigenvalue weighted by molar-refractivity contribution is 6.89. The van der Waals surface area contributed by atoms with Crippen LogP contribution in [0.3, 0.4) is 0 Å². The second-order valence-electron chi connectivity index (χ2n) is 10.1. The number of rotatable bonds is 9. The smallest absolute Gasteiger partial charge is 0.315 e. The molecule has 0 amide bonds. The van der Waals surface area contributed by atoms with Gasteiger partial charge < -0.3 is 12.3 Å². The zero-order valence-corrected chi connectivity index (χ0v) is 21.8. The average Bonchev–Trinajstić information content (AvgIpc) is 2.31. The lowest BCUT2D eigenvalue weighted by Crippen LogP contribution is -2.56. The average molecular weight is 407 g/mol. The fraction of sp³-hybridized carbons (Fsp3) is 1.00. The van der Waals surface area contributed by atoms with E-state index in [-0.39, 0.29) is 0 Å². The second-order valence-corrected chi connectivity index (χ2v) is 26.6. The molecule has 0 aromatic carbocycles. The van der Waals surface area contributed by atoms with Gasteiger partial charge in [-0.25, -0.2) is 0 Å². The van der Waals surface area contributed by atoms with Gasteiger partial charge in [0.15, 0.2) is 16.6 Å². The van der Waals surface area contributed by atoms with Crippen LogP contribution in [-0.4, -0.2) is 33.8 Å². The fourth-order valence-corrected chi connectivity index (χ4v) is 22.1. The van der Waals surface area contributed by atoms with E-state index in [1.807, 2.05) is 0 Å². The standard InChI is InChI=1S/C17H42O3Si4/c1-21(2,3)18-23(7,8)20-24(9,19-22(4,5)6)16-15-17-13-11-10-12-14-17/h17H,10-16H2,1-9H3. The van der Waals surface area contributed by atoms with Crippen molar-refractivity contribution in [3.8, 4) is 0 Å². The molecule has 0 aliphatic heterocycles. The summed E-state index contributed by atoms with van der Waals surface area (Å²) in [4.78, 5) is 0. The van der Waals surface area contributed by atoms with Crippen LogP contribution < -0.4 is 0 Å². The molecule has 1 rings (SSSR count). The topological polar surface area (TPSA) is 27.7 Å². The van der Waals surface area contributed by atoms with Crippen LogP contribution in [0.25, 0.3) is 0 Å². The van der Waals surface area contributed by atoms with Gasteiger partial charge in [-0.3, -0.25) is 0 Å². The largest absolute Gasteiger partial charge is 0.437 e. The van der Waals surface area contributed by atoms with Crippen molar-refractivity contribution >= 4 is 33.8 Å². The Hall–Kier alpha value is 0.748. The highest BCUT2D eigenvalue weighted by atomic mass is 28.5. The third kappa shape index (κ3) is 10.0. The summed E-state index contributed by atoms with van der Waals surface area (Å²) in [6.07, 6.45) is 8.35. The van der Waals surface area contributed by atoms with E-state index in [1.54, 1.807) is 0 Å². The van der Waals surface area contributed by atoms with E-state index in [4.69, 9.17) is 12.3 Å². The normalized spacial score (nSPS) is 20.9. The van der Waals surface area contributed by atoms with Crippen LogP contribution in [0.1, 0.15) is 38.5 Å². The quantitative estimate of drug-likeness (QED) is 0.412. The minimum atomic E-state index is -2.18. The zero-order valence-electron chi connectivity index (χ0n) is 17.8. The Balaban J connectivity index is 2.76. The van der Waals surface area contributed by atoms with Crippen molar-refractivity contribution in [2.24, 2.45) is 5.92 Å². The van der Waals surface area contributed by atoms with Crippen molar-refractivity contribution in [3.63, 3.8) is 0 Å². The van der Waals surface area contributed by atoms with E-state index in [9.17, 15) is 0 Å². The van der Waals surface area contributed by atoms with Crippen molar-refractivity contribution in [2.45, 2.75) is 103 Å².